The Hall–Kier alpha value is -1.47. The molecule has 0 bridgehead atoms. The second kappa shape index (κ2) is 7.00. The lowest BCUT2D eigenvalue weighted by Gasteiger charge is -2.26. The van der Waals surface area contributed by atoms with Gasteiger partial charge in [0.25, 0.3) is 0 Å². The molecule has 0 aromatic carbocycles. The number of anilines is 2. The normalized spacial score (nSPS) is 15.2. The highest BCUT2D eigenvalue weighted by Crippen LogP contribution is 2.18. The van der Waals surface area contributed by atoms with Gasteiger partial charge in [-0.3, -0.25) is 0 Å². The summed E-state index contributed by atoms with van der Waals surface area (Å²) < 4.78 is 0. The van der Waals surface area contributed by atoms with Crippen molar-refractivity contribution >= 4 is 34.8 Å². The molecule has 0 spiro atoms. The number of aromatic nitrogens is 4. The number of nitrogens with zero attached hydrogens (tertiary/aromatic N) is 5. The zero-order chi connectivity index (χ0) is 14.5. The molecular weight excluding hydrogens is 308 g/mol. The standard InChI is InChI=1S/C13H17ClN6S/c14-11-17-12(16-5-4-10-15-6-9-21-10)19-13(18-11)20-7-2-1-3-8-20/h6,9H,1-5,7-8H2,(H,16,17,18,19). The van der Waals surface area contributed by atoms with E-state index in [9.17, 15) is 0 Å². The van der Waals surface area contributed by atoms with Gasteiger partial charge >= 0.3 is 0 Å². The smallest absolute Gasteiger partial charge is 0.231 e. The number of thiazole rings is 1. The largest absolute Gasteiger partial charge is 0.354 e. The number of halogens is 1. The summed E-state index contributed by atoms with van der Waals surface area (Å²) in [6.07, 6.45) is 6.29. The summed E-state index contributed by atoms with van der Waals surface area (Å²) in [6.45, 7) is 2.70. The van der Waals surface area contributed by atoms with Gasteiger partial charge in [-0.25, -0.2) is 4.98 Å². The first-order valence-corrected chi connectivity index (χ1v) is 8.36. The van der Waals surface area contributed by atoms with Crippen LogP contribution in [-0.4, -0.2) is 39.6 Å². The Morgan fingerprint density at radius 1 is 1.19 bits per heavy atom. The maximum atomic E-state index is 6.01. The zero-order valence-electron chi connectivity index (χ0n) is 11.6. The van der Waals surface area contributed by atoms with E-state index in [2.05, 4.69) is 30.2 Å². The molecule has 0 atom stereocenters. The molecule has 2 aromatic rings. The highest BCUT2D eigenvalue weighted by Gasteiger charge is 2.15. The van der Waals surface area contributed by atoms with Gasteiger partial charge < -0.3 is 10.2 Å². The van der Waals surface area contributed by atoms with Crippen molar-refractivity contribution in [3.05, 3.63) is 21.9 Å². The van der Waals surface area contributed by atoms with Crippen LogP contribution in [0.15, 0.2) is 11.6 Å². The van der Waals surface area contributed by atoms with Crippen molar-refractivity contribution in [1.29, 1.82) is 0 Å². The lowest BCUT2D eigenvalue weighted by Crippen LogP contribution is -2.31. The highest BCUT2D eigenvalue weighted by molar-refractivity contribution is 7.09. The van der Waals surface area contributed by atoms with E-state index in [-0.39, 0.29) is 5.28 Å². The van der Waals surface area contributed by atoms with Crippen LogP contribution in [0.1, 0.15) is 24.3 Å². The maximum Gasteiger partial charge on any atom is 0.231 e. The zero-order valence-corrected chi connectivity index (χ0v) is 13.2. The lowest BCUT2D eigenvalue weighted by atomic mass is 10.1. The van der Waals surface area contributed by atoms with Gasteiger partial charge in [-0.05, 0) is 30.9 Å². The summed E-state index contributed by atoms with van der Waals surface area (Å²) in [5, 5.41) is 6.51. The predicted molar refractivity (Wildman–Crippen MR) is 85.2 cm³/mol. The minimum atomic E-state index is 0.238. The summed E-state index contributed by atoms with van der Waals surface area (Å²) in [4.78, 5) is 19.3. The molecule has 0 unspecified atom stereocenters. The summed E-state index contributed by atoms with van der Waals surface area (Å²) in [7, 11) is 0. The molecule has 8 heteroatoms. The van der Waals surface area contributed by atoms with E-state index in [0.29, 0.717) is 11.9 Å². The molecule has 2 aromatic heterocycles. The molecule has 0 amide bonds. The van der Waals surface area contributed by atoms with E-state index >= 15 is 0 Å². The van der Waals surface area contributed by atoms with E-state index in [0.717, 1.165) is 31.1 Å². The molecule has 6 nitrogen and oxygen atoms in total. The minimum Gasteiger partial charge on any atom is -0.354 e. The number of hydrogen-bond donors (Lipinski definition) is 1. The van der Waals surface area contributed by atoms with Gasteiger partial charge in [0, 0.05) is 37.6 Å². The second-order valence-corrected chi connectivity index (χ2v) is 6.20. The van der Waals surface area contributed by atoms with Gasteiger partial charge in [-0.2, -0.15) is 15.0 Å². The first-order valence-electron chi connectivity index (χ1n) is 7.10. The average Bonchev–Trinajstić information content (AvgIpc) is 3.01. The molecule has 1 fully saturated rings. The van der Waals surface area contributed by atoms with Crippen LogP contribution in [0.3, 0.4) is 0 Å². The van der Waals surface area contributed by atoms with Gasteiger partial charge in [-0.1, -0.05) is 0 Å². The third kappa shape index (κ3) is 4.01. The van der Waals surface area contributed by atoms with Crippen LogP contribution >= 0.6 is 22.9 Å². The molecule has 0 aliphatic carbocycles. The van der Waals surface area contributed by atoms with E-state index in [1.807, 2.05) is 11.6 Å². The van der Waals surface area contributed by atoms with Gasteiger partial charge in [-0.15, -0.1) is 11.3 Å². The Morgan fingerprint density at radius 2 is 2.05 bits per heavy atom. The van der Waals surface area contributed by atoms with Crippen LogP contribution in [0.25, 0.3) is 0 Å². The maximum absolute atomic E-state index is 6.01. The topological polar surface area (TPSA) is 66.8 Å². The van der Waals surface area contributed by atoms with Crippen LogP contribution in [0.5, 0.6) is 0 Å². The molecule has 1 aliphatic rings. The Bertz CT molecular complexity index is 570. The predicted octanol–water partition coefficient (Wildman–Crippen LogP) is 2.63. The van der Waals surface area contributed by atoms with Crippen molar-refractivity contribution in [2.24, 2.45) is 0 Å². The van der Waals surface area contributed by atoms with Gasteiger partial charge in [0.2, 0.25) is 17.2 Å². The molecule has 1 aliphatic heterocycles. The molecular formula is C13H17ClN6S. The summed E-state index contributed by atoms with van der Waals surface area (Å²) in [6, 6.07) is 0. The minimum absolute atomic E-state index is 0.238. The Morgan fingerprint density at radius 3 is 2.81 bits per heavy atom. The molecule has 21 heavy (non-hydrogen) atoms. The fraction of sp³-hybridized carbons (Fsp3) is 0.538. The molecule has 0 radical (unpaired) electrons. The van der Waals surface area contributed by atoms with Crippen molar-refractivity contribution < 1.29 is 0 Å². The van der Waals surface area contributed by atoms with Crippen LogP contribution in [-0.2, 0) is 6.42 Å². The quantitative estimate of drug-likeness (QED) is 0.912. The Kier molecular flexibility index (Phi) is 4.82. The van der Waals surface area contributed by atoms with Crippen LogP contribution in [0.4, 0.5) is 11.9 Å². The summed E-state index contributed by atoms with van der Waals surface area (Å²) >= 11 is 7.66. The summed E-state index contributed by atoms with van der Waals surface area (Å²) in [5.41, 5.74) is 0. The first kappa shape index (κ1) is 14.5. The fourth-order valence-corrected chi connectivity index (χ4v) is 3.09. The van der Waals surface area contributed by atoms with E-state index < -0.39 is 0 Å². The number of piperidine rings is 1. The first-order chi connectivity index (χ1) is 10.3. The molecule has 0 saturated carbocycles. The monoisotopic (exact) mass is 324 g/mol. The van der Waals surface area contributed by atoms with Gasteiger partial charge in [0.1, 0.15) is 0 Å². The number of rotatable bonds is 5. The molecule has 3 rings (SSSR count). The lowest BCUT2D eigenvalue weighted by molar-refractivity contribution is 0.567. The SMILES string of the molecule is Clc1nc(NCCc2nccs2)nc(N2CCCCC2)n1. The van der Waals surface area contributed by atoms with Crippen molar-refractivity contribution in [1.82, 2.24) is 19.9 Å². The highest BCUT2D eigenvalue weighted by atomic mass is 35.5. The van der Waals surface area contributed by atoms with Crippen LogP contribution < -0.4 is 10.2 Å². The Labute approximate surface area is 132 Å². The number of hydrogen-bond acceptors (Lipinski definition) is 7. The second-order valence-electron chi connectivity index (χ2n) is 4.88. The molecule has 112 valence electrons. The Balaban J connectivity index is 1.63. The number of nitrogens with one attached hydrogen (secondary N) is 1. The summed E-state index contributed by atoms with van der Waals surface area (Å²) in [5.74, 6) is 1.21. The van der Waals surface area contributed by atoms with E-state index in [1.54, 1.807) is 11.3 Å². The van der Waals surface area contributed by atoms with Crippen molar-refractivity contribution in [2.75, 3.05) is 29.9 Å². The van der Waals surface area contributed by atoms with Crippen molar-refractivity contribution in [3.63, 3.8) is 0 Å². The third-order valence-electron chi connectivity index (χ3n) is 3.34. The van der Waals surface area contributed by atoms with Crippen molar-refractivity contribution in [3.8, 4) is 0 Å². The van der Waals surface area contributed by atoms with Gasteiger partial charge in [0.15, 0.2) is 0 Å². The fourth-order valence-electron chi connectivity index (χ4n) is 2.31. The van der Waals surface area contributed by atoms with E-state index in [1.165, 1.54) is 19.3 Å². The van der Waals surface area contributed by atoms with Crippen LogP contribution in [0.2, 0.25) is 5.28 Å². The molecule has 1 N–H and O–H groups in total. The van der Waals surface area contributed by atoms with Crippen LogP contribution in [0, 0.1) is 0 Å². The average molecular weight is 325 g/mol. The molecule has 1 saturated heterocycles. The molecule has 3 heterocycles. The third-order valence-corrected chi connectivity index (χ3v) is 4.35. The van der Waals surface area contributed by atoms with Gasteiger partial charge in [0.05, 0.1) is 5.01 Å². The van der Waals surface area contributed by atoms with Crippen molar-refractivity contribution in [2.45, 2.75) is 25.7 Å². The van der Waals surface area contributed by atoms with E-state index in [4.69, 9.17) is 11.6 Å².